The van der Waals surface area contributed by atoms with Crippen molar-refractivity contribution in [3.8, 4) is 5.75 Å². The zero-order valence-corrected chi connectivity index (χ0v) is 25.8. The maximum Gasteiger partial charge on any atom is 0.118 e. The van der Waals surface area contributed by atoms with Crippen molar-refractivity contribution >= 4 is 50.5 Å². The molecule has 3 aromatic rings. The van der Waals surface area contributed by atoms with Gasteiger partial charge >= 0.3 is 0 Å². The van der Waals surface area contributed by atoms with E-state index in [2.05, 4.69) is 73.6 Å². The van der Waals surface area contributed by atoms with Crippen molar-refractivity contribution < 1.29 is 4.74 Å². The molecule has 8 heteroatoms. The van der Waals surface area contributed by atoms with Crippen molar-refractivity contribution in [2.75, 3.05) is 31.8 Å². The maximum absolute atomic E-state index is 6.79. The van der Waals surface area contributed by atoms with E-state index in [1.54, 1.807) is 7.11 Å². The predicted molar refractivity (Wildman–Crippen MR) is 164 cm³/mol. The van der Waals surface area contributed by atoms with Crippen molar-refractivity contribution in [3.63, 3.8) is 0 Å². The minimum Gasteiger partial charge on any atom is -0.497 e. The van der Waals surface area contributed by atoms with Crippen LogP contribution in [0.2, 0.25) is 10.0 Å². The summed E-state index contributed by atoms with van der Waals surface area (Å²) < 4.78 is 6.48. The summed E-state index contributed by atoms with van der Waals surface area (Å²) in [7, 11) is 1.70. The van der Waals surface area contributed by atoms with Gasteiger partial charge in [-0.15, -0.1) is 0 Å². The van der Waals surface area contributed by atoms with E-state index in [1.165, 1.54) is 35.3 Å². The summed E-state index contributed by atoms with van der Waals surface area (Å²) in [4.78, 5) is 10.1. The monoisotopic (exact) mass is 628 g/mol. The number of halogens is 3. The smallest absolute Gasteiger partial charge is 0.118 e. The number of hydrogen-bond acceptors (Lipinski definition) is 5. The summed E-state index contributed by atoms with van der Waals surface area (Å²) in [6.07, 6.45) is 1.28. The molecule has 2 unspecified atom stereocenters. The Labute approximate surface area is 250 Å². The van der Waals surface area contributed by atoms with Crippen LogP contribution in [0.25, 0.3) is 0 Å². The zero-order valence-electron chi connectivity index (χ0n) is 22.7. The van der Waals surface area contributed by atoms with Gasteiger partial charge in [-0.2, -0.15) is 0 Å². The molecule has 3 aromatic carbocycles. The molecule has 0 N–H and O–H groups in total. The number of hydrogen-bond donors (Lipinski definition) is 0. The number of para-hydroxylation sites is 1. The Morgan fingerprint density at radius 1 is 0.949 bits per heavy atom. The second-order valence-electron chi connectivity index (χ2n) is 11.3. The average Bonchev–Trinajstić information content (AvgIpc) is 3.51. The Hall–Kier alpha value is -1.80. The minimum absolute atomic E-state index is 0.620. The number of benzene rings is 3. The lowest BCUT2D eigenvalue weighted by Gasteiger charge is -2.40. The predicted octanol–water partition coefficient (Wildman–Crippen LogP) is 7.54. The molecule has 206 valence electrons. The summed E-state index contributed by atoms with van der Waals surface area (Å²) in [5.74, 6) is 0.866. The normalized spacial score (nSPS) is 21.7. The van der Waals surface area contributed by atoms with Crippen LogP contribution in [0.1, 0.15) is 37.0 Å². The molecular weight excluding hydrogens is 595 g/mol. The Bertz CT molecular complexity index is 1330. The second-order valence-corrected chi connectivity index (χ2v) is 13.0. The van der Waals surface area contributed by atoms with E-state index in [0.717, 1.165) is 42.1 Å². The molecule has 0 radical (unpaired) electrons. The molecule has 0 amide bonds. The molecule has 2 saturated heterocycles. The van der Waals surface area contributed by atoms with Crippen molar-refractivity contribution in [1.82, 2.24) is 14.7 Å². The van der Waals surface area contributed by atoms with E-state index < -0.39 is 0 Å². The highest BCUT2D eigenvalue weighted by Gasteiger charge is 2.43. The fourth-order valence-electron chi connectivity index (χ4n) is 6.59. The third-order valence-corrected chi connectivity index (χ3v) is 9.78. The molecule has 2 bridgehead atoms. The van der Waals surface area contributed by atoms with Crippen molar-refractivity contribution in [1.29, 1.82) is 0 Å². The lowest BCUT2D eigenvalue weighted by Crippen LogP contribution is -2.48. The SMILES string of the molecule is COc1ccc(CN2Cc3c(Br)cc(CN4CC5CC4CN5C(C)C)cc3N(c3c(Cl)cccc3Cl)C2)cc1. The molecule has 2 atom stereocenters. The van der Waals surface area contributed by atoms with Gasteiger partial charge in [0, 0.05) is 66.6 Å². The van der Waals surface area contributed by atoms with Crippen LogP contribution >= 0.6 is 39.1 Å². The number of piperazine rings is 1. The molecule has 3 heterocycles. The second kappa shape index (κ2) is 11.2. The highest BCUT2D eigenvalue weighted by atomic mass is 79.9. The van der Waals surface area contributed by atoms with Crippen LogP contribution in [0, 0.1) is 0 Å². The van der Waals surface area contributed by atoms with Gasteiger partial charge in [0.1, 0.15) is 5.75 Å². The molecule has 0 spiro atoms. The standard InChI is InChI=1S/C31H35BrCl2N4O/c1-20(2)37-17-23-13-24(37)16-36(23)15-22-11-27(32)26-18-35(14-21-7-9-25(39-3)10-8-21)19-38(30(26)12-22)31-28(33)5-4-6-29(31)34/h4-12,20,23-24H,13-19H2,1-3H3. The molecule has 0 aromatic heterocycles. The maximum atomic E-state index is 6.79. The van der Waals surface area contributed by atoms with Gasteiger partial charge in [-0.05, 0) is 67.8 Å². The first-order valence-corrected chi connectivity index (χ1v) is 15.2. The van der Waals surface area contributed by atoms with E-state index in [1.807, 2.05) is 30.3 Å². The van der Waals surface area contributed by atoms with Crippen LogP contribution in [0.3, 0.4) is 0 Å². The highest BCUT2D eigenvalue weighted by Crippen LogP contribution is 2.44. The number of methoxy groups -OCH3 is 1. The quantitative estimate of drug-likeness (QED) is 0.268. The molecule has 3 aliphatic heterocycles. The first-order chi connectivity index (χ1) is 18.8. The van der Waals surface area contributed by atoms with Crippen molar-refractivity contribution in [2.45, 2.75) is 58.0 Å². The first-order valence-electron chi connectivity index (χ1n) is 13.7. The Morgan fingerprint density at radius 2 is 1.69 bits per heavy atom. The van der Waals surface area contributed by atoms with E-state index in [9.17, 15) is 0 Å². The number of likely N-dealkylation sites (tertiary alicyclic amines) is 2. The van der Waals surface area contributed by atoms with Crippen LogP contribution in [0.15, 0.2) is 59.1 Å². The van der Waals surface area contributed by atoms with Gasteiger partial charge in [0.25, 0.3) is 0 Å². The third kappa shape index (κ3) is 5.44. The van der Waals surface area contributed by atoms with Crippen LogP contribution in [0.4, 0.5) is 11.4 Å². The summed E-state index contributed by atoms with van der Waals surface area (Å²) in [6.45, 7) is 10.2. The van der Waals surface area contributed by atoms with Gasteiger partial charge in [0.15, 0.2) is 0 Å². The van der Waals surface area contributed by atoms with E-state index in [0.29, 0.717) is 34.8 Å². The van der Waals surface area contributed by atoms with Crippen LogP contribution in [-0.4, -0.2) is 59.7 Å². The largest absolute Gasteiger partial charge is 0.497 e. The lowest BCUT2D eigenvalue weighted by molar-refractivity contribution is 0.0998. The first kappa shape index (κ1) is 27.4. The molecule has 3 aliphatic rings. The van der Waals surface area contributed by atoms with Crippen molar-refractivity contribution in [2.24, 2.45) is 0 Å². The third-order valence-electron chi connectivity index (χ3n) is 8.46. The Balaban J connectivity index is 1.31. The number of fused-ring (bicyclic) bond motifs is 3. The molecule has 39 heavy (non-hydrogen) atoms. The topological polar surface area (TPSA) is 22.2 Å². The van der Waals surface area contributed by atoms with Gasteiger partial charge < -0.3 is 9.64 Å². The molecule has 6 rings (SSSR count). The van der Waals surface area contributed by atoms with E-state index in [-0.39, 0.29) is 0 Å². The van der Waals surface area contributed by atoms with Gasteiger partial charge in [0.05, 0.1) is 29.5 Å². The van der Waals surface area contributed by atoms with Gasteiger partial charge in [-0.3, -0.25) is 14.7 Å². The summed E-state index contributed by atoms with van der Waals surface area (Å²) >= 11 is 17.5. The fourth-order valence-corrected chi connectivity index (χ4v) is 7.81. The number of rotatable bonds is 7. The molecule has 2 fully saturated rings. The van der Waals surface area contributed by atoms with E-state index >= 15 is 0 Å². The highest BCUT2D eigenvalue weighted by molar-refractivity contribution is 9.10. The lowest BCUT2D eigenvalue weighted by atomic mass is 10.0. The molecule has 0 saturated carbocycles. The molecular formula is C31H35BrCl2N4O. The molecule has 0 aliphatic carbocycles. The van der Waals surface area contributed by atoms with Gasteiger partial charge in [-0.1, -0.05) is 57.3 Å². The summed E-state index contributed by atoms with van der Waals surface area (Å²) in [5.41, 5.74) is 5.84. The van der Waals surface area contributed by atoms with Gasteiger partial charge in [-0.25, -0.2) is 0 Å². The van der Waals surface area contributed by atoms with E-state index in [4.69, 9.17) is 27.9 Å². The van der Waals surface area contributed by atoms with Crippen LogP contribution < -0.4 is 9.64 Å². The number of ether oxygens (including phenoxy) is 1. The number of anilines is 2. The average molecular weight is 630 g/mol. The fraction of sp³-hybridized carbons (Fsp3) is 0.419. The Morgan fingerprint density at radius 3 is 2.33 bits per heavy atom. The van der Waals surface area contributed by atoms with Crippen LogP contribution in [-0.2, 0) is 19.6 Å². The van der Waals surface area contributed by atoms with Crippen molar-refractivity contribution in [3.05, 3.63) is 85.8 Å². The molecule has 5 nitrogen and oxygen atoms in total. The summed E-state index contributed by atoms with van der Waals surface area (Å²) in [6, 6.07) is 20.7. The minimum atomic E-state index is 0.620. The summed E-state index contributed by atoms with van der Waals surface area (Å²) in [5, 5.41) is 1.32. The van der Waals surface area contributed by atoms with Crippen LogP contribution in [0.5, 0.6) is 5.75 Å². The Kier molecular flexibility index (Phi) is 7.88. The van der Waals surface area contributed by atoms with Gasteiger partial charge in [0.2, 0.25) is 0 Å². The number of nitrogens with zero attached hydrogens (tertiary/aromatic N) is 4. The zero-order chi connectivity index (χ0) is 27.3.